The number of carboxylic acids is 1. The fourth-order valence-electron chi connectivity index (χ4n) is 1.62. The van der Waals surface area contributed by atoms with Crippen molar-refractivity contribution in [3.8, 4) is 5.75 Å². The highest BCUT2D eigenvalue weighted by atomic mass is 19.1. The van der Waals surface area contributed by atoms with Gasteiger partial charge in [0.05, 0.1) is 12.2 Å². The van der Waals surface area contributed by atoms with Crippen molar-refractivity contribution in [2.24, 2.45) is 5.92 Å². The van der Waals surface area contributed by atoms with Crippen LogP contribution in [0.5, 0.6) is 5.75 Å². The van der Waals surface area contributed by atoms with Gasteiger partial charge in [-0.3, -0.25) is 0 Å². The van der Waals surface area contributed by atoms with Crippen molar-refractivity contribution in [1.82, 2.24) is 0 Å². The molecule has 0 heterocycles. The maximum Gasteiger partial charge on any atom is 0.335 e. The van der Waals surface area contributed by atoms with Gasteiger partial charge in [0.15, 0.2) is 17.4 Å². The topological polar surface area (TPSA) is 46.5 Å². The molecule has 3 nitrogen and oxygen atoms in total. The Hall–Kier alpha value is -1.65. The predicted octanol–water partition coefficient (Wildman–Crippen LogP) is 3.48. The molecule has 18 heavy (non-hydrogen) atoms. The van der Waals surface area contributed by atoms with E-state index in [1.165, 1.54) is 0 Å². The summed E-state index contributed by atoms with van der Waals surface area (Å²) in [7, 11) is 0. The zero-order chi connectivity index (χ0) is 13.7. The molecule has 0 aliphatic heterocycles. The summed E-state index contributed by atoms with van der Waals surface area (Å²) < 4.78 is 32.0. The molecule has 5 heteroatoms. The van der Waals surface area contributed by atoms with Crippen LogP contribution in [0.25, 0.3) is 0 Å². The molecule has 0 amide bonds. The number of halogens is 2. The van der Waals surface area contributed by atoms with E-state index in [0.717, 1.165) is 25.0 Å². The van der Waals surface area contributed by atoms with E-state index in [1.54, 1.807) is 0 Å². The fourth-order valence-corrected chi connectivity index (χ4v) is 1.62. The van der Waals surface area contributed by atoms with E-state index >= 15 is 0 Å². The van der Waals surface area contributed by atoms with Gasteiger partial charge in [0.25, 0.3) is 0 Å². The van der Waals surface area contributed by atoms with Gasteiger partial charge in [-0.05, 0) is 24.5 Å². The molecule has 0 aliphatic carbocycles. The Morgan fingerprint density at radius 1 is 1.39 bits per heavy atom. The van der Waals surface area contributed by atoms with Crippen molar-refractivity contribution in [1.29, 1.82) is 0 Å². The quantitative estimate of drug-likeness (QED) is 0.849. The zero-order valence-corrected chi connectivity index (χ0v) is 10.4. The molecule has 1 aromatic rings. The summed E-state index contributed by atoms with van der Waals surface area (Å²) in [6, 6.07) is 1.51. The molecular formula is C13H16F2O3. The molecule has 0 aliphatic rings. The zero-order valence-electron chi connectivity index (χ0n) is 10.4. The summed E-state index contributed by atoms with van der Waals surface area (Å²) in [5.41, 5.74) is -0.432. The first-order chi connectivity index (χ1) is 8.45. The first-order valence-corrected chi connectivity index (χ1v) is 5.80. The summed E-state index contributed by atoms with van der Waals surface area (Å²) >= 11 is 0. The van der Waals surface area contributed by atoms with Gasteiger partial charge >= 0.3 is 5.97 Å². The highest BCUT2D eigenvalue weighted by molar-refractivity contribution is 5.87. The number of hydrogen-bond donors (Lipinski definition) is 1. The molecule has 1 rings (SSSR count). The Morgan fingerprint density at radius 2 is 1.94 bits per heavy atom. The minimum atomic E-state index is -1.38. The van der Waals surface area contributed by atoms with E-state index in [1.807, 2.05) is 13.8 Å². The summed E-state index contributed by atoms with van der Waals surface area (Å²) in [5.74, 6) is -3.68. The smallest absolute Gasteiger partial charge is 0.335 e. The monoisotopic (exact) mass is 258 g/mol. The maximum atomic E-state index is 13.5. The molecule has 0 fully saturated rings. The molecule has 1 aromatic carbocycles. The van der Waals surface area contributed by atoms with Crippen LogP contribution in [0.15, 0.2) is 12.1 Å². The van der Waals surface area contributed by atoms with Crippen LogP contribution in [0.1, 0.15) is 37.0 Å². The standard InChI is InChI=1S/C13H16F2O3/c1-3-4-8(2)7-18-12-10(14)5-9(13(16)17)6-11(12)15/h5-6,8H,3-4,7H2,1-2H3,(H,16,17). The van der Waals surface area contributed by atoms with Gasteiger partial charge in [0.2, 0.25) is 0 Å². The minimum absolute atomic E-state index is 0.188. The van der Waals surface area contributed by atoms with Crippen LogP contribution in [0.2, 0.25) is 0 Å². The number of benzene rings is 1. The average molecular weight is 258 g/mol. The second kappa shape index (κ2) is 6.33. The van der Waals surface area contributed by atoms with Crippen molar-refractivity contribution in [3.05, 3.63) is 29.3 Å². The van der Waals surface area contributed by atoms with Gasteiger partial charge in [0.1, 0.15) is 0 Å². The van der Waals surface area contributed by atoms with Crippen LogP contribution in [-0.2, 0) is 0 Å². The lowest BCUT2D eigenvalue weighted by molar-refractivity contribution is 0.0695. The SMILES string of the molecule is CCCC(C)COc1c(F)cc(C(=O)O)cc1F. The maximum absolute atomic E-state index is 13.5. The van der Waals surface area contributed by atoms with Crippen LogP contribution in [-0.4, -0.2) is 17.7 Å². The van der Waals surface area contributed by atoms with Gasteiger partial charge in [-0.2, -0.15) is 0 Å². The summed E-state index contributed by atoms with van der Waals surface area (Å²) in [5, 5.41) is 8.64. The average Bonchev–Trinajstić information content (AvgIpc) is 2.27. The Kier molecular flexibility index (Phi) is 5.07. The van der Waals surface area contributed by atoms with Gasteiger partial charge in [-0.25, -0.2) is 13.6 Å². The molecular weight excluding hydrogens is 242 g/mol. The second-order valence-electron chi connectivity index (χ2n) is 4.28. The van der Waals surface area contributed by atoms with Crippen molar-refractivity contribution in [2.75, 3.05) is 6.61 Å². The van der Waals surface area contributed by atoms with Crippen molar-refractivity contribution >= 4 is 5.97 Å². The van der Waals surface area contributed by atoms with Crippen LogP contribution in [0, 0.1) is 17.6 Å². The Labute approximate surface area is 104 Å². The van der Waals surface area contributed by atoms with Crippen molar-refractivity contribution in [3.63, 3.8) is 0 Å². The highest BCUT2D eigenvalue weighted by Gasteiger charge is 2.16. The van der Waals surface area contributed by atoms with E-state index in [9.17, 15) is 13.6 Å². The molecule has 0 saturated carbocycles. The van der Waals surface area contributed by atoms with Crippen molar-refractivity contribution in [2.45, 2.75) is 26.7 Å². The summed E-state index contributed by atoms with van der Waals surface area (Å²) in [4.78, 5) is 10.6. The van der Waals surface area contributed by atoms with Crippen LogP contribution >= 0.6 is 0 Å². The molecule has 100 valence electrons. The summed E-state index contributed by atoms with van der Waals surface area (Å²) in [6.45, 7) is 4.14. The lowest BCUT2D eigenvalue weighted by Crippen LogP contribution is -2.11. The molecule has 1 atom stereocenters. The van der Waals surface area contributed by atoms with Gasteiger partial charge in [-0.1, -0.05) is 20.3 Å². The molecule has 0 radical (unpaired) electrons. The number of hydrogen-bond acceptors (Lipinski definition) is 2. The number of carbonyl (C=O) groups is 1. The highest BCUT2D eigenvalue weighted by Crippen LogP contribution is 2.24. The molecule has 1 N–H and O–H groups in total. The van der Waals surface area contributed by atoms with E-state index in [-0.39, 0.29) is 12.5 Å². The third-order valence-corrected chi connectivity index (χ3v) is 2.54. The third-order valence-electron chi connectivity index (χ3n) is 2.54. The second-order valence-corrected chi connectivity index (χ2v) is 4.28. The van der Waals surface area contributed by atoms with Crippen LogP contribution in [0.4, 0.5) is 8.78 Å². The normalized spacial score (nSPS) is 12.2. The number of aromatic carboxylic acids is 1. The van der Waals surface area contributed by atoms with Crippen LogP contribution in [0.3, 0.4) is 0 Å². The van der Waals surface area contributed by atoms with E-state index in [4.69, 9.17) is 9.84 Å². The number of ether oxygens (including phenoxy) is 1. The third kappa shape index (κ3) is 3.68. The number of rotatable bonds is 6. The Bertz CT molecular complexity index is 409. The van der Waals surface area contributed by atoms with Crippen molar-refractivity contribution < 1.29 is 23.4 Å². The molecule has 0 spiro atoms. The van der Waals surface area contributed by atoms with E-state index in [0.29, 0.717) is 0 Å². The first kappa shape index (κ1) is 14.4. The molecule has 0 aromatic heterocycles. The van der Waals surface area contributed by atoms with Crippen LogP contribution < -0.4 is 4.74 Å². The molecule has 0 bridgehead atoms. The molecule has 1 unspecified atom stereocenters. The Balaban J connectivity index is 2.81. The number of carboxylic acid groups (broad SMARTS) is 1. The minimum Gasteiger partial charge on any atom is -0.487 e. The fraction of sp³-hybridized carbons (Fsp3) is 0.462. The van der Waals surface area contributed by atoms with E-state index in [2.05, 4.69) is 0 Å². The van der Waals surface area contributed by atoms with Gasteiger partial charge in [0, 0.05) is 0 Å². The predicted molar refractivity (Wildman–Crippen MR) is 62.9 cm³/mol. The van der Waals surface area contributed by atoms with Gasteiger partial charge < -0.3 is 9.84 Å². The Morgan fingerprint density at radius 3 is 2.39 bits per heavy atom. The molecule has 0 saturated heterocycles. The lowest BCUT2D eigenvalue weighted by Gasteiger charge is -2.13. The summed E-state index contributed by atoms with van der Waals surface area (Å²) in [6.07, 6.45) is 1.86. The van der Waals surface area contributed by atoms with Gasteiger partial charge in [-0.15, -0.1) is 0 Å². The van der Waals surface area contributed by atoms with E-state index < -0.39 is 28.9 Å². The first-order valence-electron chi connectivity index (χ1n) is 5.80. The largest absolute Gasteiger partial charge is 0.487 e. The lowest BCUT2D eigenvalue weighted by atomic mass is 10.1.